The van der Waals surface area contributed by atoms with Gasteiger partial charge in [0.15, 0.2) is 0 Å². The van der Waals surface area contributed by atoms with Crippen LogP contribution in [0, 0.1) is 0 Å². The lowest BCUT2D eigenvalue weighted by atomic mass is 10.1. The van der Waals surface area contributed by atoms with Gasteiger partial charge < -0.3 is 13.8 Å². The van der Waals surface area contributed by atoms with Crippen molar-refractivity contribution in [2.24, 2.45) is 0 Å². The summed E-state index contributed by atoms with van der Waals surface area (Å²) in [7, 11) is -3.08. The molecular weight excluding hydrogens is 395 g/mol. The Morgan fingerprint density at radius 1 is 0.700 bits per heavy atom. The highest BCUT2D eigenvalue weighted by atomic mass is 31.2. The van der Waals surface area contributed by atoms with E-state index in [0.29, 0.717) is 13.2 Å². The molecule has 0 N–H and O–H groups in total. The van der Waals surface area contributed by atoms with E-state index >= 15 is 0 Å². The van der Waals surface area contributed by atoms with Crippen LogP contribution >= 0.6 is 7.60 Å². The monoisotopic (exact) mass is 422 g/mol. The highest BCUT2D eigenvalue weighted by Crippen LogP contribution is 2.51. The number of hydrogen-bond acceptors (Lipinski definition) is 4. The van der Waals surface area contributed by atoms with Crippen LogP contribution in [0.1, 0.15) is 30.5 Å². The third kappa shape index (κ3) is 6.70. The van der Waals surface area contributed by atoms with Gasteiger partial charge in [-0.1, -0.05) is 66.7 Å². The van der Waals surface area contributed by atoms with Crippen LogP contribution in [0.15, 0.2) is 78.9 Å². The summed E-state index contributed by atoms with van der Waals surface area (Å²) in [6, 6.07) is 25.6. The molecule has 0 aliphatic heterocycles. The van der Waals surface area contributed by atoms with Gasteiger partial charge in [-0.05, 0) is 54.8 Å². The largest absolute Gasteiger partial charge is 0.457 e. The average molecular weight is 422 g/mol. The minimum Gasteiger partial charge on any atom is -0.457 e. The predicted molar refractivity (Wildman–Crippen MR) is 123 cm³/mol. The molecule has 4 nitrogen and oxygen atoms in total. The Balaban J connectivity index is 1.60. The van der Waals surface area contributed by atoms with Gasteiger partial charge in [-0.2, -0.15) is 0 Å². The third-order valence-corrected chi connectivity index (χ3v) is 6.39. The standard InChI is InChI=1S/C25H27O4P/c1-3-27-30(26,28-4-2)20-23-14-12-21(13-15-23)10-11-22-16-18-25(19-17-22)29-24-8-6-5-7-9-24/h5-19H,3-4,20H2,1-2H3/b11-10+. The maximum Gasteiger partial charge on any atom is 0.335 e. The number of para-hydroxylation sites is 1. The summed E-state index contributed by atoms with van der Waals surface area (Å²) in [5.41, 5.74) is 3.07. The molecule has 0 saturated carbocycles. The SMILES string of the molecule is CCOP(=O)(Cc1ccc(/C=C/c2ccc(Oc3ccccc3)cc2)cc1)OCC. The fourth-order valence-corrected chi connectivity index (χ4v) is 4.65. The van der Waals surface area contributed by atoms with Crippen molar-refractivity contribution in [2.75, 3.05) is 13.2 Å². The summed E-state index contributed by atoms with van der Waals surface area (Å²) in [4.78, 5) is 0. The van der Waals surface area contributed by atoms with Gasteiger partial charge >= 0.3 is 7.60 Å². The van der Waals surface area contributed by atoms with Crippen molar-refractivity contribution in [1.29, 1.82) is 0 Å². The van der Waals surface area contributed by atoms with E-state index in [1.54, 1.807) is 0 Å². The second-order valence-corrected chi connectivity index (χ2v) is 8.72. The molecule has 0 aliphatic rings. The van der Waals surface area contributed by atoms with Crippen molar-refractivity contribution < 1.29 is 18.3 Å². The zero-order valence-corrected chi connectivity index (χ0v) is 18.3. The number of hydrogen-bond donors (Lipinski definition) is 0. The fourth-order valence-electron chi connectivity index (χ4n) is 2.94. The average Bonchev–Trinajstić information content (AvgIpc) is 2.75. The van der Waals surface area contributed by atoms with E-state index in [9.17, 15) is 4.57 Å². The quantitative estimate of drug-likeness (QED) is 0.252. The van der Waals surface area contributed by atoms with Gasteiger partial charge in [-0.25, -0.2) is 0 Å². The van der Waals surface area contributed by atoms with Crippen molar-refractivity contribution in [1.82, 2.24) is 0 Å². The maximum atomic E-state index is 12.7. The lowest BCUT2D eigenvalue weighted by Crippen LogP contribution is -1.99. The molecule has 30 heavy (non-hydrogen) atoms. The molecule has 0 amide bonds. The Kier molecular flexibility index (Phi) is 8.04. The molecule has 5 heteroatoms. The molecular formula is C25H27O4P. The molecule has 0 aromatic heterocycles. The smallest absolute Gasteiger partial charge is 0.335 e. The molecule has 0 unspecified atom stereocenters. The van der Waals surface area contributed by atoms with Crippen molar-refractivity contribution >= 4 is 19.7 Å². The lowest BCUT2D eigenvalue weighted by molar-refractivity contribution is 0.219. The van der Waals surface area contributed by atoms with Crippen LogP contribution in [0.4, 0.5) is 0 Å². The Labute approximate surface area is 178 Å². The van der Waals surface area contributed by atoms with Gasteiger partial charge in [0.25, 0.3) is 0 Å². The zero-order valence-electron chi connectivity index (χ0n) is 17.4. The summed E-state index contributed by atoms with van der Waals surface area (Å²) in [5.74, 6) is 1.62. The highest BCUT2D eigenvalue weighted by Gasteiger charge is 2.23. The van der Waals surface area contributed by atoms with E-state index in [0.717, 1.165) is 28.2 Å². The van der Waals surface area contributed by atoms with Crippen molar-refractivity contribution in [3.05, 3.63) is 95.6 Å². The van der Waals surface area contributed by atoms with Crippen molar-refractivity contribution in [3.63, 3.8) is 0 Å². The van der Waals surface area contributed by atoms with E-state index in [1.165, 1.54) is 0 Å². The normalized spacial score (nSPS) is 11.7. The van der Waals surface area contributed by atoms with Crippen LogP contribution in [-0.4, -0.2) is 13.2 Å². The van der Waals surface area contributed by atoms with Gasteiger partial charge in [0.05, 0.1) is 19.4 Å². The number of rotatable bonds is 10. The van der Waals surface area contributed by atoms with Crippen LogP contribution in [-0.2, 0) is 19.8 Å². The first-order valence-corrected chi connectivity index (χ1v) is 11.8. The third-order valence-electron chi connectivity index (χ3n) is 4.33. The summed E-state index contributed by atoms with van der Waals surface area (Å²) < 4.78 is 29.2. The van der Waals surface area contributed by atoms with E-state index in [2.05, 4.69) is 0 Å². The molecule has 0 saturated heterocycles. The Hall–Kier alpha value is -2.65. The Bertz CT molecular complexity index is 970. The summed E-state index contributed by atoms with van der Waals surface area (Å²) in [6.07, 6.45) is 4.37. The number of ether oxygens (including phenoxy) is 1. The van der Waals surface area contributed by atoms with E-state index in [1.807, 2.05) is 105 Å². The molecule has 3 aromatic carbocycles. The first kappa shape index (κ1) is 22.0. The second-order valence-electron chi connectivity index (χ2n) is 6.66. The topological polar surface area (TPSA) is 44.8 Å². The van der Waals surface area contributed by atoms with Crippen LogP contribution < -0.4 is 4.74 Å². The summed E-state index contributed by atoms with van der Waals surface area (Å²) in [5, 5.41) is 0. The van der Waals surface area contributed by atoms with Crippen molar-refractivity contribution in [2.45, 2.75) is 20.0 Å². The fraction of sp³-hybridized carbons (Fsp3) is 0.200. The molecule has 156 valence electrons. The molecule has 0 atom stereocenters. The highest BCUT2D eigenvalue weighted by molar-refractivity contribution is 7.53. The van der Waals surface area contributed by atoms with Crippen LogP contribution in [0.5, 0.6) is 11.5 Å². The minimum atomic E-state index is -3.08. The van der Waals surface area contributed by atoms with Gasteiger partial charge in [0.2, 0.25) is 0 Å². The Morgan fingerprint density at radius 2 is 1.20 bits per heavy atom. The van der Waals surface area contributed by atoms with Crippen LogP contribution in [0.3, 0.4) is 0 Å². The molecule has 0 bridgehead atoms. The molecule has 0 heterocycles. The molecule has 0 aliphatic carbocycles. The van der Waals surface area contributed by atoms with Crippen molar-refractivity contribution in [3.8, 4) is 11.5 Å². The number of benzene rings is 3. The molecule has 0 radical (unpaired) electrons. The molecule has 0 spiro atoms. The van der Waals surface area contributed by atoms with E-state index < -0.39 is 7.60 Å². The molecule has 3 rings (SSSR count). The first-order chi connectivity index (χ1) is 14.6. The Morgan fingerprint density at radius 3 is 1.73 bits per heavy atom. The maximum absolute atomic E-state index is 12.7. The van der Waals surface area contributed by atoms with Gasteiger partial charge in [0.1, 0.15) is 11.5 Å². The second kappa shape index (κ2) is 10.9. The van der Waals surface area contributed by atoms with Gasteiger partial charge in [-0.3, -0.25) is 4.57 Å². The summed E-state index contributed by atoms with van der Waals surface area (Å²) >= 11 is 0. The van der Waals surface area contributed by atoms with Gasteiger partial charge in [0, 0.05) is 0 Å². The van der Waals surface area contributed by atoms with Gasteiger partial charge in [-0.15, -0.1) is 0 Å². The van der Waals surface area contributed by atoms with Crippen LogP contribution in [0.25, 0.3) is 12.2 Å². The van der Waals surface area contributed by atoms with E-state index in [4.69, 9.17) is 13.8 Å². The van der Waals surface area contributed by atoms with Crippen LogP contribution in [0.2, 0.25) is 0 Å². The van der Waals surface area contributed by atoms with E-state index in [-0.39, 0.29) is 6.16 Å². The molecule has 0 fully saturated rings. The zero-order chi connectivity index (χ0) is 21.2. The predicted octanol–water partition coefficient (Wildman–Crippen LogP) is 7.42. The lowest BCUT2D eigenvalue weighted by Gasteiger charge is -2.16. The summed E-state index contributed by atoms with van der Waals surface area (Å²) in [6.45, 7) is 4.38. The minimum absolute atomic E-state index is 0.279. The first-order valence-electron chi connectivity index (χ1n) is 10.1. The molecule has 3 aromatic rings.